The van der Waals surface area contributed by atoms with Crippen LogP contribution in [0.1, 0.15) is 31.4 Å². The lowest BCUT2D eigenvalue weighted by molar-refractivity contribution is 0.145. The van der Waals surface area contributed by atoms with Crippen molar-refractivity contribution in [3.63, 3.8) is 0 Å². The molecular formula is C22H20I2. The summed E-state index contributed by atoms with van der Waals surface area (Å²) in [7, 11) is 0. The summed E-state index contributed by atoms with van der Waals surface area (Å²) in [5.41, 5.74) is 3.97. The van der Waals surface area contributed by atoms with Crippen LogP contribution in [-0.2, 0) is 10.8 Å². The van der Waals surface area contributed by atoms with Crippen LogP contribution in [-0.4, -0.2) is 0 Å². The van der Waals surface area contributed by atoms with Crippen LogP contribution in [0.4, 0.5) is 0 Å². The molecule has 0 saturated heterocycles. The molecule has 0 radical (unpaired) electrons. The van der Waals surface area contributed by atoms with E-state index in [4.69, 9.17) is 0 Å². The molecule has 3 aliphatic carbocycles. The van der Waals surface area contributed by atoms with Crippen molar-refractivity contribution < 1.29 is 0 Å². The van der Waals surface area contributed by atoms with Gasteiger partial charge in [0.25, 0.3) is 0 Å². The number of hydrogen-bond acceptors (Lipinski definition) is 0. The summed E-state index contributed by atoms with van der Waals surface area (Å²) in [6.45, 7) is 5.02. The Morgan fingerprint density at radius 1 is 0.792 bits per heavy atom. The van der Waals surface area contributed by atoms with E-state index in [0.717, 1.165) is 5.92 Å². The number of halogens is 2. The van der Waals surface area contributed by atoms with E-state index in [2.05, 4.69) is 120 Å². The molecule has 0 nitrogen and oxygen atoms in total. The zero-order valence-electron chi connectivity index (χ0n) is 13.9. The normalized spacial score (nSPS) is 37.5. The Balaban J connectivity index is 1.74. The van der Waals surface area contributed by atoms with Gasteiger partial charge in [0.2, 0.25) is 0 Å². The van der Waals surface area contributed by atoms with Gasteiger partial charge in [-0.3, -0.25) is 0 Å². The Morgan fingerprint density at radius 2 is 1.29 bits per heavy atom. The summed E-state index contributed by atoms with van der Waals surface area (Å²) in [6.07, 6.45) is 6.19. The van der Waals surface area contributed by atoms with Crippen LogP contribution in [0, 0.1) is 24.4 Å². The molecule has 0 N–H and O–H groups in total. The minimum atomic E-state index is 0.273. The fourth-order valence-electron chi connectivity index (χ4n) is 6.84. The maximum atomic E-state index is 2.52. The highest BCUT2D eigenvalue weighted by atomic mass is 127. The second-order valence-electron chi connectivity index (χ2n) is 8.05. The minimum Gasteiger partial charge on any atom is -0.0879 e. The molecule has 0 amide bonds. The first-order chi connectivity index (χ1) is 11.5. The van der Waals surface area contributed by atoms with Crippen molar-refractivity contribution in [2.45, 2.75) is 31.1 Å². The first kappa shape index (κ1) is 15.9. The van der Waals surface area contributed by atoms with Crippen LogP contribution in [0.2, 0.25) is 0 Å². The van der Waals surface area contributed by atoms with Crippen LogP contribution in [0.3, 0.4) is 0 Å². The lowest BCUT2D eigenvalue weighted by Gasteiger charge is -2.48. The fourth-order valence-corrected chi connectivity index (χ4v) is 7.56. The van der Waals surface area contributed by atoms with Crippen molar-refractivity contribution in [1.82, 2.24) is 0 Å². The molecule has 3 aliphatic rings. The van der Waals surface area contributed by atoms with Crippen molar-refractivity contribution in [2.24, 2.45) is 17.3 Å². The van der Waals surface area contributed by atoms with E-state index in [1.165, 1.54) is 13.6 Å². The van der Waals surface area contributed by atoms with Gasteiger partial charge >= 0.3 is 0 Å². The van der Waals surface area contributed by atoms with E-state index >= 15 is 0 Å². The van der Waals surface area contributed by atoms with E-state index in [-0.39, 0.29) is 5.41 Å². The SMILES string of the molecule is CC1(C)[C@]2(c3ccc(I)cc3)[C@H]3C=CC[C@H]3[C@]12c1ccc(I)cc1. The van der Waals surface area contributed by atoms with Gasteiger partial charge in [-0.25, -0.2) is 0 Å². The Morgan fingerprint density at radius 3 is 1.83 bits per heavy atom. The van der Waals surface area contributed by atoms with Gasteiger partial charge in [-0.2, -0.15) is 0 Å². The molecule has 0 aliphatic heterocycles. The van der Waals surface area contributed by atoms with E-state index < -0.39 is 0 Å². The number of fused-ring (bicyclic) bond motifs is 4. The number of allylic oxidation sites excluding steroid dienone is 2. The molecule has 24 heavy (non-hydrogen) atoms. The molecule has 5 rings (SSSR count). The van der Waals surface area contributed by atoms with Gasteiger partial charge in [0.05, 0.1) is 0 Å². The van der Waals surface area contributed by atoms with E-state index in [1.54, 1.807) is 11.1 Å². The van der Waals surface area contributed by atoms with Crippen LogP contribution in [0.5, 0.6) is 0 Å². The van der Waals surface area contributed by atoms with Crippen LogP contribution >= 0.6 is 45.2 Å². The van der Waals surface area contributed by atoms with Crippen molar-refractivity contribution in [1.29, 1.82) is 0 Å². The second kappa shape index (κ2) is 4.87. The molecule has 2 heteroatoms. The summed E-state index contributed by atoms with van der Waals surface area (Å²) in [5, 5.41) is 0. The quantitative estimate of drug-likeness (QED) is 0.311. The smallest absolute Gasteiger partial charge is 0.0184 e. The Kier molecular flexibility index (Phi) is 3.22. The zero-order valence-corrected chi connectivity index (χ0v) is 18.2. The van der Waals surface area contributed by atoms with E-state index in [9.17, 15) is 0 Å². The summed E-state index contributed by atoms with van der Waals surface area (Å²) in [5.74, 6) is 1.47. The van der Waals surface area contributed by atoms with Gasteiger partial charge in [0, 0.05) is 18.0 Å². The predicted octanol–water partition coefficient (Wildman–Crippen LogP) is 6.32. The summed E-state index contributed by atoms with van der Waals surface area (Å²) < 4.78 is 2.65. The molecule has 0 spiro atoms. The maximum absolute atomic E-state index is 2.52. The third-order valence-electron chi connectivity index (χ3n) is 7.35. The highest BCUT2D eigenvalue weighted by molar-refractivity contribution is 14.1. The standard InChI is InChI=1S/C22H20I2/c1-20(2)21(14-6-10-16(23)11-7-14)18-4-3-5-19(18)22(20,21)15-8-12-17(24)13-9-15/h3-4,6-13,18-19H,5H2,1-2H3/t18-,19+,21-,22+/m0/s1. The van der Waals surface area contributed by atoms with Gasteiger partial charge in [-0.05, 0) is 104 Å². The molecule has 0 unspecified atom stereocenters. The van der Waals surface area contributed by atoms with Crippen LogP contribution < -0.4 is 0 Å². The van der Waals surface area contributed by atoms with Gasteiger partial charge in [0.15, 0.2) is 0 Å². The monoisotopic (exact) mass is 538 g/mol. The highest BCUT2D eigenvalue weighted by Gasteiger charge is 2.95. The molecule has 2 aromatic rings. The lowest BCUT2D eigenvalue weighted by atomic mass is 9.54. The number of hydrogen-bond donors (Lipinski definition) is 0. The molecule has 2 aromatic carbocycles. The number of rotatable bonds is 2. The fraction of sp³-hybridized carbons (Fsp3) is 0.364. The Bertz CT molecular complexity index is 847. The van der Waals surface area contributed by atoms with Crippen LogP contribution in [0.25, 0.3) is 0 Å². The third kappa shape index (κ3) is 1.49. The first-order valence-electron chi connectivity index (χ1n) is 8.66. The second-order valence-corrected chi connectivity index (χ2v) is 10.5. The average molecular weight is 538 g/mol. The molecule has 0 aromatic heterocycles. The van der Waals surface area contributed by atoms with E-state index in [0.29, 0.717) is 16.7 Å². The third-order valence-corrected chi connectivity index (χ3v) is 8.79. The van der Waals surface area contributed by atoms with E-state index in [1.807, 2.05) is 0 Å². The first-order valence-corrected chi connectivity index (χ1v) is 10.8. The summed E-state index contributed by atoms with van der Waals surface area (Å²) in [6, 6.07) is 18.7. The number of benzene rings is 2. The average Bonchev–Trinajstić information content (AvgIpc) is 2.82. The van der Waals surface area contributed by atoms with Gasteiger partial charge in [-0.15, -0.1) is 0 Å². The molecule has 122 valence electrons. The molecule has 0 heterocycles. The Labute approximate surface area is 171 Å². The lowest BCUT2D eigenvalue weighted by Crippen LogP contribution is -2.49. The molecule has 4 atom stereocenters. The van der Waals surface area contributed by atoms with Gasteiger partial charge in [-0.1, -0.05) is 50.3 Å². The molecular weight excluding hydrogens is 518 g/mol. The van der Waals surface area contributed by atoms with Crippen LogP contribution in [0.15, 0.2) is 60.7 Å². The molecule has 2 saturated carbocycles. The van der Waals surface area contributed by atoms with Gasteiger partial charge in [0.1, 0.15) is 0 Å². The predicted molar refractivity (Wildman–Crippen MR) is 116 cm³/mol. The summed E-state index contributed by atoms with van der Waals surface area (Å²) >= 11 is 4.83. The molecule has 2 fully saturated rings. The van der Waals surface area contributed by atoms with Crippen molar-refractivity contribution in [3.05, 3.63) is 79.0 Å². The zero-order chi connectivity index (χ0) is 16.7. The van der Waals surface area contributed by atoms with Gasteiger partial charge < -0.3 is 0 Å². The highest BCUT2D eigenvalue weighted by Crippen LogP contribution is 2.94. The molecule has 0 bridgehead atoms. The van der Waals surface area contributed by atoms with Crippen molar-refractivity contribution in [2.75, 3.05) is 0 Å². The Hall–Kier alpha value is -0.360. The topological polar surface area (TPSA) is 0 Å². The largest absolute Gasteiger partial charge is 0.0879 e. The maximum Gasteiger partial charge on any atom is 0.0184 e. The summed E-state index contributed by atoms with van der Waals surface area (Å²) in [4.78, 5) is 0. The minimum absolute atomic E-state index is 0.273. The van der Waals surface area contributed by atoms with Crippen molar-refractivity contribution in [3.8, 4) is 0 Å². The van der Waals surface area contributed by atoms with Crippen molar-refractivity contribution >= 4 is 45.2 Å².